The van der Waals surface area contributed by atoms with Gasteiger partial charge >= 0.3 is 0 Å². The molecule has 396 valence electrons. The second kappa shape index (κ2) is 19.7. The normalized spacial score (nSPS) is 11.5. The maximum Gasteiger partial charge on any atom is 0.189 e. The van der Waals surface area contributed by atoms with Gasteiger partial charge in [0.25, 0.3) is 0 Å². The quantitative estimate of drug-likeness (QED) is 0.156. The third-order valence-corrected chi connectivity index (χ3v) is 16.7. The summed E-state index contributed by atoms with van der Waals surface area (Å²) in [4.78, 5) is 16.9. The first-order valence-electron chi connectivity index (χ1n) is 28.2. The molecule has 0 atom stereocenters. The zero-order valence-corrected chi connectivity index (χ0v) is 46.7. The van der Waals surface area contributed by atoms with Crippen LogP contribution in [-0.4, -0.2) is 28.2 Å². The average Bonchev–Trinajstić information content (AvgIpc) is 2.46. The molecule has 6 heterocycles. The molecular formula is C76H52N8. The number of nitrogens with zero attached hydrogens (tertiary/aromatic N) is 8. The summed E-state index contributed by atoms with van der Waals surface area (Å²) in [6, 6.07) is 77.0. The molecule has 0 fully saturated rings. The Morgan fingerprint density at radius 3 is 1.00 bits per heavy atom. The summed E-state index contributed by atoms with van der Waals surface area (Å²) in [5.41, 5.74) is 23.2. The molecule has 0 spiro atoms. The van der Waals surface area contributed by atoms with Crippen molar-refractivity contribution in [1.82, 2.24) is 28.2 Å². The molecule has 0 aliphatic heterocycles. The smallest absolute Gasteiger partial charge is 0.189 e. The minimum atomic E-state index is 0.603. The Morgan fingerprint density at radius 2 is 0.595 bits per heavy atom. The molecule has 8 nitrogen and oxygen atoms in total. The number of benzene rings is 10. The van der Waals surface area contributed by atoms with E-state index in [4.69, 9.17) is 13.1 Å². The number of pyridine rings is 2. The van der Waals surface area contributed by atoms with Gasteiger partial charge in [0.2, 0.25) is 0 Å². The van der Waals surface area contributed by atoms with E-state index in [0.717, 1.165) is 89.1 Å². The molecule has 0 aliphatic rings. The van der Waals surface area contributed by atoms with Crippen LogP contribution in [0.3, 0.4) is 0 Å². The average molecular weight is 1080 g/mol. The monoisotopic (exact) mass is 1080 g/mol. The highest BCUT2D eigenvalue weighted by molar-refractivity contribution is 6.14. The molecule has 0 saturated heterocycles. The summed E-state index contributed by atoms with van der Waals surface area (Å²) >= 11 is 0. The Labute approximate surface area is 485 Å². The predicted molar refractivity (Wildman–Crippen MR) is 348 cm³/mol. The topological polar surface area (TPSA) is 54.2 Å². The molecule has 16 aromatic rings. The Kier molecular flexibility index (Phi) is 11.7. The van der Waals surface area contributed by atoms with Gasteiger partial charge in [-0.3, -0.25) is 9.97 Å². The molecule has 0 N–H and O–H groups in total. The summed E-state index contributed by atoms with van der Waals surface area (Å²) in [6.07, 6.45) is 7.63. The van der Waals surface area contributed by atoms with Crippen LogP contribution in [0.15, 0.2) is 243 Å². The Hall–Kier alpha value is -11.3. The lowest BCUT2D eigenvalue weighted by atomic mass is 10.0. The van der Waals surface area contributed by atoms with E-state index < -0.39 is 0 Å². The van der Waals surface area contributed by atoms with Crippen molar-refractivity contribution in [3.8, 4) is 45.0 Å². The van der Waals surface area contributed by atoms with E-state index in [0.29, 0.717) is 11.4 Å². The largest absolute Gasteiger partial charge is 0.310 e. The summed E-state index contributed by atoms with van der Waals surface area (Å²) < 4.78 is 9.33. The van der Waals surface area contributed by atoms with E-state index in [9.17, 15) is 0 Å². The molecule has 0 unspecified atom stereocenters. The number of rotatable bonds is 6. The molecule has 84 heavy (non-hydrogen) atoms. The van der Waals surface area contributed by atoms with Crippen molar-refractivity contribution < 1.29 is 0 Å². The van der Waals surface area contributed by atoms with Crippen LogP contribution in [-0.2, 0) is 0 Å². The second-order valence-electron chi connectivity index (χ2n) is 21.9. The number of hydrogen-bond donors (Lipinski definition) is 0. The summed E-state index contributed by atoms with van der Waals surface area (Å²) in [5, 5.41) is 9.65. The Bertz CT molecular complexity index is 5480. The van der Waals surface area contributed by atoms with E-state index in [1.807, 2.05) is 49.1 Å². The number of aryl methyl sites for hydroxylation is 4. The summed E-state index contributed by atoms with van der Waals surface area (Å²) in [6.45, 7) is 24.3. The van der Waals surface area contributed by atoms with E-state index in [1.165, 1.54) is 65.3 Å². The number of para-hydroxylation sites is 4. The van der Waals surface area contributed by atoms with Crippen LogP contribution in [0, 0.1) is 40.8 Å². The van der Waals surface area contributed by atoms with Crippen LogP contribution in [0.25, 0.3) is 142 Å². The zero-order chi connectivity index (χ0) is 56.7. The highest BCUT2D eigenvalue weighted by atomic mass is 15.0. The van der Waals surface area contributed by atoms with Gasteiger partial charge in [-0.1, -0.05) is 140 Å². The van der Waals surface area contributed by atoms with E-state index in [-0.39, 0.29) is 0 Å². The van der Waals surface area contributed by atoms with Crippen molar-refractivity contribution >= 4 is 98.6 Å². The fourth-order valence-corrected chi connectivity index (χ4v) is 13.0. The van der Waals surface area contributed by atoms with Gasteiger partial charge in [-0.05, 0) is 134 Å². The molecule has 6 aromatic heterocycles. The van der Waals surface area contributed by atoms with Crippen LogP contribution in [0.2, 0.25) is 0 Å². The minimum Gasteiger partial charge on any atom is -0.310 e. The van der Waals surface area contributed by atoms with Gasteiger partial charge in [0.15, 0.2) is 11.4 Å². The summed E-state index contributed by atoms with van der Waals surface area (Å²) in [7, 11) is 0. The fraction of sp³-hybridized carbons (Fsp3) is 0.0526. The molecular weight excluding hydrogens is 1020 g/mol. The van der Waals surface area contributed by atoms with Gasteiger partial charge in [-0.15, -0.1) is 0 Å². The van der Waals surface area contributed by atoms with Crippen molar-refractivity contribution in [1.29, 1.82) is 0 Å². The molecule has 16 rings (SSSR count). The highest BCUT2D eigenvalue weighted by Crippen LogP contribution is 2.45. The molecule has 0 bridgehead atoms. The third kappa shape index (κ3) is 7.88. The van der Waals surface area contributed by atoms with E-state index in [2.05, 4.69) is 260 Å². The minimum absolute atomic E-state index is 0.603. The summed E-state index contributed by atoms with van der Waals surface area (Å²) in [5.74, 6) is 0. The zero-order valence-electron chi connectivity index (χ0n) is 46.7. The lowest BCUT2D eigenvalue weighted by molar-refractivity contribution is 1.13. The molecule has 0 aliphatic carbocycles. The van der Waals surface area contributed by atoms with Crippen LogP contribution < -0.4 is 0 Å². The van der Waals surface area contributed by atoms with Gasteiger partial charge in [0.1, 0.15) is 0 Å². The number of fused-ring (bicyclic) bond motifs is 12. The lowest BCUT2D eigenvalue weighted by Crippen LogP contribution is -2.02. The maximum absolute atomic E-state index is 7.87. The molecule has 0 radical (unpaired) electrons. The second-order valence-corrected chi connectivity index (χ2v) is 21.9. The van der Waals surface area contributed by atoms with Crippen LogP contribution in [0.1, 0.15) is 22.3 Å². The number of aromatic nitrogens is 6. The van der Waals surface area contributed by atoms with Gasteiger partial charge < -0.3 is 18.3 Å². The van der Waals surface area contributed by atoms with E-state index >= 15 is 0 Å². The Morgan fingerprint density at radius 1 is 0.274 bits per heavy atom. The molecule has 8 heteroatoms. The highest BCUT2D eigenvalue weighted by Gasteiger charge is 2.24. The van der Waals surface area contributed by atoms with Crippen molar-refractivity contribution in [2.45, 2.75) is 27.7 Å². The first kappa shape index (κ1) is 49.7. The molecule has 0 amide bonds. The third-order valence-electron chi connectivity index (χ3n) is 16.7. The van der Waals surface area contributed by atoms with Gasteiger partial charge in [0, 0.05) is 77.9 Å². The Balaban J connectivity index is 0.000000143. The van der Waals surface area contributed by atoms with Crippen LogP contribution in [0.4, 0.5) is 11.4 Å². The first-order valence-corrected chi connectivity index (χ1v) is 28.2. The number of hydrogen-bond acceptors (Lipinski definition) is 2. The first-order chi connectivity index (χ1) is 41.2. The molecule has 0 saturated carbocycles. The lowest BCUT2D eigenvalue weighted by Gasteiger charge is -2.18. The fourth-order valence-electron chi connectivity index (χ4n) is 13.0. The molecule has 10 aromatic carbocycles. The maximum atomic E-state index is 7.87. The van der Waals surface area contributed by atoms with Crippen LogP contribution >= 0.6 is 0 Å². The standard InChI is InChI=1S/2C38H26N4/c1-24-12-15-29-27-8-4-6-10-33(27)41(36(29)20-24)35-17-14-26(39-3)22-32(35)31-18-19-40-23-38(31)42-34-11-7-5-9-28(34)30-16-13-25(2)21-37(30)42;1-24-12-15-29-27-8-4-6-10-33(27)41(35(29)20-24)37-22-26(39-3)14-17-31(37)32-18-19-40-23-38(32)42-34-11-7-5-9-28(34)30-16-13-25(2)21-36(30)42/h2*4-23H,1-2H3. The van der Waals surface area contributed by atoms with E-state index in [1.54, 1.807) is 0 Å². The SMILES string of the molecule is [C-]#[N+]c1ccc(-c2ccncc2-n2c3ccccc3c3ccc(C)cc32)c(-n2c3ccccc3c3ccc(C)cc32)c1.[C-]#[N+]c1ccc(-n2c3ccccc3c3ccc(C)cc32)c(-c2ccncc2-n2c3ccccc3c3ccc(C)cc32)c1. The predicted octanol–water partition coefficient (Wildman–Crippen LogP) is 20.2. The van der Waals surface area contributed by atoms with Crippen molar-refractivity contribution in [3.05, 3.63) is 288 Å². The van der Waals surface area contributed by atoms with Crippen molar-refractivity contribution in [3.63, 3.8) is 0 Å². The van der Waals surface area contributed by atoms with Gasteiger partial charge in [-0.25, -0.2) is 9.69 Å². The van der Waals surface area contributed by atoms with Crippen molar-refractivity contribution in [2.75, 3.05) is 0 Å². The van der Waals surface area contributed by atoms with Gasteiger partial charge in [0.05, 0.1) is 86.7 Å². The van der Waals surface area contributed by atoms with Gasteiger partial charge in [-0.2, -0.15) is 0 Å². The van der Waals surface area contributed by atoms with Crippen molar-refractivity contribution in [2.24, 2.45) is 0 Å². The van der Waals surface area contributed by atoms with Crippen LogP contribution in [0.5, 0.6) is 0 Å².